The summed E-state index contributed by atoms with van der Waals surface area (Å²) in [6, 6.07) is 7.59. The van der Waals surface area contributed by atoms with Crippen LogP contribution in [0.3, 0.4) is 0 Å². The molecular weight excluding hydrogens is 338 g/mol. The van der Waals surface area contributed by atoms with Crippen LogP contribution in [0, 0.1) is 0 Å². The van der Waals surface area contributed by atoms with Gasteiger partial charge in [-0.1, -0.05) is 18.2 Å². The largest absolute Gasteiger partial charge is 0.418 e. The fourth-order valence-corrected chi connectivity index (χ4v) is 1.98. The summed E-state index contributed by atoms with van der Waals surface area (Å²) >= 11 is 0. The maximum Gasteiger partial charge on any atom is 0.418 e. The van der Waals surface area contributed by atoms with Crippen molar-refractivity contribution in [3.05, 3.63) is 59.2 Å². The van der Waals surface area contributed by atoms with Crippen LogP contribution in [0.1, 0.15) is 21.5 Å². The number of nitrogen functional groups attached to an aromatic ring is 1. The highest BCUT2D eigenvalue weighted by Crippen LogP contribution is 2.42. The highest BCUT2D eigenvalue weighted by molar-refractivity contribution is 6.05. The third-order valence-electron chi connectivity index (χ3n) is 3.08. The standard InChI is InChI=1S/C15H10F6N2O/c16-14(17,18)9-6-10(15(19,20)21)12(7-11(9)22)23-13(24)8-4-2-1-3-5-8/h1-7H,22H2,(H,23,24). The van der Waals surface area contributed by atoms with Gasteiger partial charge in [0.2, 0.25) is 0 Å². The number of carbonyl (C=O) groups is 1. The summed E-state index contributed by atoms with van der Waals surface area (Å²) in [5, 5.41) is 1.95. The monoisotopic (exact) mass is 348 g/mol. The van der Waals surface area contributed by atoms with Gasteiger partial charge in [0.15, 0.2) is 0 Å². The molecule has 0 bridgehead atoms. The van der Waals surface area contributed by atoms with Crippen LogP contribution in [0.15, 0.2) is 42.5 Å². The lowest BCUT2D eigenvalue weighted by Crippen LogP contribution is -2.19. The minimum Gasteiger partial charge on any atom is -0.398 e. The van der Waals surface area contributed by atoms with Crippen molar-refractivity contribution in [3.8, 4) is 0 Å². The molecule has 0 aliphatic rings. The van der Waals surface area contributed by atoms with Crippen LogP contribution in [0.2, 0.25) is 0 Å². The summed E-state index contributed by atoms with van der Waals surface area (Å²) in [7, 11) is 0. The van der Waals surface area contributed by atoms with E-state index >= 15 is 0 Å². The number of halogens is 6. The van der Waals surface area contributed by atoms with E-state index in [1.165, 1.54) is 24.3 Å². The summed E-state index contributed by atoms with van der Waals surface area (Å²) < 4.78 is 77.3. The highest BCUT2D eigenvalue weighted by Gasteiger charge is 2.40. The fraction of sp³-hybridized carbons (Fsp3) is 0.133. The molecule has 24 heavy (non-hydrogen) atoms. The Labute approximate surface area is 132 Å². The molecule has 0 unspecified atom stereocenters. The lowest BCUT2D eigenvalue weighted by atomic mass is 10.0. The second-order valence-electron chi connectivity index (χ2n) is 4.80. The molecule has 9 heteroatoms. The average Bonchev–Trinajstić information content (AvgIpc) is 2.45. The minimum absolute atomic E-state index is 0.0455. The van der Waals surface area contributed by atoms with Gasteiger partial charge >= 0.3 is 12.4 Å². The first-order valence-electron chi connectivity index (χ1n) is 6.44. The summed E-state index contributed by atoms with van der Waals surface area (Å²) in [5.41, 5.74) is 0.228. The van der Waals surface area contributed by atoms with E-state index in [-0.39, 0.29) is 11.6 Å². The van der Waals surface area contributed by atoms with Gasteiger partial charge in [0.05, 0.1) is 16.8 Å². The molecule has 0 aromatic heterocycles. The summed E-state index contributed by atoms with van der Waals surface area (Å²) in [4.78, 5) is 11.9. The topological polar surface area (TPSA) is 55.1 Å². The molecule has 128 valence electrons. The number of anilines is 2. The fourth-order valence-electron chi connectivity index (χ4n) is 1.98. The number of carbonyl (C=O) groups excluding carboxylic acids is 1. The van der Waals surface area contributed by atoms with Crippen LogP contribution in [0.5, 0.6) is 0 Å². The lowest BCUT2D eigenvalue weighted by Gasteiger charge is -2.18. The van der Waals surface area contributed by atoms with Gasteiger partial charge in [-0.25, -0.2) is 0 Å². The van der Waals surface area contributed by atoms with Gasteiger partial charge in [0.25, 0.3) is 5.91 Å². The molecule has 0 fully saturated rings. The Morgan fingerprint density at radius 2 is 1.42 bits per heavy atom. The van der Waals surface area contributed by atoms with E-state index in [1.54, 1.807) is 6.07 Å². The Bertz CT molecular complexity index is 753. The summed E-state index contributed by atoms with van der Waals surface area (Å²) in [6.45, 7) is 0. The van der Waals surface area contributed by atoms with Crippen LogP contribution >= 0.6 is 0 Å². The van der Waals surface area contributed by atoms with Gasteiger partial charge < -0.3 is 11.1 Å². The van der Waals surface area contributed by atoms with Crippen molar-refractivity contribution in [2.24, 2.45) is 0 Å². The van der Waals surface area contributed by atoms with Crippen molar-refractivity contribution in [2.75, 3.05) is 11.1 Å². The predicted octanol–water partition coefficient (Wildman–Crippen LogP) is 4.56. The number of hydrogen-bond donors (Lipinski definition) is 2. The second-order valence-corrected chi connectivity index (χ2v) is 4.80. The number of nitrogens with one attached hydrogen (secondary N) is 1. The summed E-state index contributed by atoms with van der Waals surface area (Å²) in [5.74, 6) is -0.903. The van der Waals surface area contributed by atoms with Crippen molar-refractivity contribution in [2.45, 2.75) is 12.4 Å². The molecule has 0 aliphatic carbocycles. The van der Waals surface area contributed by atoms with Crippen LogP contribution in [-0.4, -0.2) is 5.91 Å². The van der Waals surface area contributed by atoms with Crippen molar-refractivity contribution < 1.29 is 31.1 Å². The summed E-state index contributed by atoms with van der Waals surface area (Å²) in [6.07, 6.45) is -10.2. The van der Waals surface area contributed by atoms with Crippen LogP contribution < -0.4 is 11.1 Å². The normalized spacial score (nSPS) is 12.1. The molecule has 3 N–H and O–H groups in total. The molecule has 2 aromatic rings. The molecule has 0 saturated carbocycles. The van der Waals surface area contributed by atoms with Gasteiger partial charge in [-0.15, -0.1) is 0 Å². The van der Waals surface area contributed by atoms with Gasteiger partial charge in [-0.2, -0.15) is 26.3 Å². The molecule has 0 atom stereocenters. The van der Waals surface area contributed by atoms with E-state index in [9.17, 15) is 31.1 Å². The first-order chi connectivity index (χ1) is 11.0. The molecular formula is C15H10F6N2O. The quantitative estimate of drug-likeness (QED) is 0.618. The molecule has 1 amide bonds. The second kappa shape index (κ2) is 6.06. The Morgan fingerprint density at radius 3 is 1.92 bits per heavy atom. The molecule has 0 radical (unpaired) electrons. The predicted molar refractivity (Wildman–Crippen MR) is 75.3 cm³/mol. The van der Waals surface area contributed by atoms with Crippen LogP contribution in [-0.2, 0) is 12.4 Å². The molecule has 0 spiro atoms. The first-order valence-corrected chi connectivity index (χ1v) is 6.44. The Morgan fingerprint density at radius 1 is 0.875 bits per heavy atom. The zero-order valence-corrected chi connectivity index (χ0v) is 11.8. The third kappa shape index (κ3) is 3.79. The van der Waals surface area contributed by atoms with Gasteiger partial charge in [-0.05, 0) is 24.3 Å². The van der Waals surface area contributed by atoms with Crippen LogP contribution in [0.25, 0.3) is 0 Å². The van der Waals surface area contributed by atoms with E-state index in [0.29, 0.717) is 6.07 Å². The van der Waals surface area contributed by atoms with E-state index in [2.05, 4.69) is 0 Å². The molecule has 2 rings (SSSR count). The van der Waals surface area contributed by atoms with Crippen molar-refractivity contribution in [3.63, 3.8) is 0 Å². The molecule has 0 heterocycles. The van der Waals surface area contributed by atoms with Crippen molar-refractivity contribution in [1.29, 1.82) is 0 Å². The molecule has 0 saturated heterocycles. The maximum absolute atomic E-state index is 13.0. The molecule has 2 aromatic carbocycles. The number of hydrogen-bond acceptors (Lipinski definition) is 2. The van der Waals surface area contributed by atoms with Gasteiger partial charge in [-0.3, -0.25) is 4.79 Å². The third-order valence-corrected chi connectivity index (χ3v) is 3.08. The first kappa shape index (κ1) is 17.6. The lowest BCUT2D eigenvalue weighted by molar-refractivity contribution is -0.142. The molecule has 0 aliphatic heterocycles. The number of rotatable bonds is 2. The highest BCUT2D eigenvalue weighted by atomic mass is 19.4. The van der Waals surface area contributed by atoms with E-state index in [1.807, 2.05) is 5.32 Å². The minimum atomic E-state index is -5.10. The zero-order valence-electron chi connectivity index (χ0n) is 11.8. The van der Waals surface area contributed by atoms with E-state index in [4.69, 9.17) is 5.73 Å². The number of amides is 1. The Balaban J connectivity index is 2.50. The zero-order chi connectivity index (χ0) is 18.1. The van der Waals surface area contributed by atoms with Crippen molar-refractivity contribution >= 4 is 17.3 Å². The maximum atomic E-state index is 13.0. The number of benzene rings is 2. The number of nitrogens with two attached hydrogens (primary N) is 1. The average molecular weight is 348 g/mol. The van der Waals surface area contributed by atoms with Gasteiger partial charge in [0.1, 0.15) is 0 Å². The van der Waals surface area contributed by atoms with E-state index < -0.39 is 40.8 Å². The Kier molecular flexibility index (Phi) is 4.46. The Hall–Kier alpha value is -2.71. The smallest absolute Gasteiger partial charge is 0.398 e. The van der Waals surface area contributed by atoms with E-state index in [0.717, 1.165) is 0 Å². The SMILES string of the molecule is Nc1cc(NC(=O)c2ccccc2)c(C(F)(F)F)cc1C(F)(F)F. The molecule has 3 nitrogen and oxygen atoms in total. The number of alkyl halides is 6. The van der Waals surface area contributed by atoms with Crippen molar-refractivity contribution in [1.82, 2.24) is 0 Å². The van der Waals surface area contributed by atoms with Crippen LogP contribution in [0.4, 0.5) is 37.7 Å². The van der Waals surface area contributed by atoms with Gasteiger partial charge in [0, 0.05) is 11.3 Å².